The summed E-state index contributed by atoms with van der Waals surface area (Å²) in [5.74, 6) is -0.792. The molecule has 0 saturated heterocycles. The lowest BCUT2D eigenvalue weighted by Crippen LogP contribution is -2.18. The fourth-order valence-electron chi connectivity index (χ4n) is 0.961. The van der Waals surface area contributed by atoms with E-state index in [1.165, 1.54) is 0 Å². The van der Waals surface area contributed by atoms with Crippen molar-refractivity contribution in [1.82, 2.24) is 10.3 Å². The van der Waals surface area contributed by atoms with Gasteiger partial charge in [-0.05, 0) is 28.1 Å². The van der Waals surface area contributed by atoms with Crippen LogP contribution < -0.4 is 5.32 Å². The molecule has 0 atom stereocenters. The molecule has 1 heterocycles. The number of carboxylic acids is 1. The van der Waals surface area contributed by atoms with Gasteiger partial charge < -0.3 is 10.4 Å². The quantitative estimate of drug-likeness (QED) is 0.620. The molecule has 0 aliphatic rings. The average Bonchev–Trinajstić information content (AvgIpc) is 2.12. The minimum Gasteiger partial charge on any atom is -0.481 e. The maximum atomic E-state index is 10.2. The molecule has 4 nitrogen and oxygen atoms in total. The fraction of sp³-hybridized carbons (Fsp3) is 0.333. The molecule has 1 rings (SSSR count). The van der Waals surface area contributed by atoms with Crippen LogP contribution in [0.5, 0.6) is 0 Å². The summed E-state index contributed by atoms with van der Waals surface area (Å²) in [4.78, 5) is 14.4. The Balaban J connectivity index is 2.28. The highest BCUT2D eigenvalue weighted by molar-refractivity contribution is 9.10. The van der Waals surface area contributed by atoms with Gasteiger partial charge in [-0.3, -0.25) is 4.79 Å². The van der Waals surface area contributed by atoms with Crippen LogP contribution in [0, 0.1) is 0 Å². The lowest BCUT2D eigenvalue weighted by Gasteiger charge is -2.02. The van der Waals surface area contributed by atoms with Crippen LogP contribution in [0.25, 0.3) is 0 Å². The van der Waals surface area contributed by atoms with Crippen molar-refractivity contribution in [2.75, 3.05) is 6.54 Å². The Morgan fingerprint density at radius 1 is 1.57 bits per heavy atom. The van der Waals surface area contributed by atoms with Gasteiger partial charge in [0.25, 0.3) is 0 Å². The Kier molecular flexibility index (Phi) is 4.55. The zero-order valence-electron chi connectivity index (χ0n) is 7.53. The van der Waals surface area contributed by atoms with Gasteiger partial charge >= 0.3 is 5.97 Å². The smallest absolute Gasteiger partial charge is 0.304 e. The van der Waals surface area contributed by atoms with Gasteiger partial charge in [0.1, 0.15) is 4.60 Å². The number of aromatic nitrogens is 1. The summed E-state index contributed by atoms with van der Waals surface area (Å²) in [6, 6.07) is 5.63. The molecule has 0 unspecified atom stereocenters. The molecule has 0 aliphatic carbocycles. The fourth-order valence-corrected chi connectivity index (χ4v) is 1.34. The van der Waals surface area contributed by atoms with Gasteiger partial charge in [0.2, 0.25) is 0 Å². The minimum absolute atomic E-state index is 0.133. The Morgan fingerprint density at radius 2 is 2.36 bits per heavy atom. The number of carbonyl (C=O) groups is 1. The Morgan fingerprint density at radius 3 is 3.00 bits per heavy atom. The van der Waals surface area contributed by atoms with Crippen LogP contribution in [-0.2, 0) is 11.3 Å². The normalized spacial score (nSPS) is 10.1. The van der Waals surface area contributed by atoms with E-state index >= 15 is 0 Å². The summed E-state index contributed by atoms with van der Waals surface area (Å²) in [5.41, 5.74) is 0.893. The topological polar surface area (TPSA) is 62.2 Å². The van der Waals surface area contributed by atoms with Crippen LogP contribution in [0.2, 0.25) is 0 Å². The Hall–Kier alpha value is -0.940. The van der Waals surface area contributed by atoms with Gasteiger partial charge in [0, 0.05) is 13.1 Å². The summed E-state index contributed by atoms with van der Waals surface area (Å²) in [7, 11) is 0. The van der Waals surface area contributed by atoms with Crippen LogP contribution in [0.1, 0.15) is 12.1 Å². The zero-order chi connectivity index (χ0) is 10.4. The van der Waals surface area contributed by atoms with Crippen LogP contribution >= 0.6 is 15.9 Å². The summed E-state index contributed by atoms with van der Waals surface area (Å²) in [6.07, 6.45) is 0.133. The van der Waals surface area contributed by atoms with Crippen molar-refractivity contribution in [3.8, 4) is 0 Å². The van der Waals surface area contributed by atoms with Gasteiger partial charge in [0.15, 0.2) is 0 Å². The molecular weight excluding hydrogens is 248 g/mol. The SMILES string of the molecule is O=C(O)CCNCc1cccc(Br)n1. The van der Waals surface area contributed by atoms with Crippen molar-refractivity contribution < 1.29 is 9.90 Å². The summed E-state index contributed by atoms with van der Waals surface area (Å²) in [6.45, 7) is 1.05. The molecule has 0 bridgehead atoms. The van der Waals surface area contributed by atoms with Crippen LogP contribution in [0.3, 0.4) is 0 Å². The van der Waals surface area contributed by atoms with Crippen molar-refractivity contribution in [3.63, 3.8) is 0 Å². The van der Waals surface area contributed by atoms with Crippen molar-refractivity contribution in [1.29, 1.82) is 0 Å². The molecule has 0 aliphatic heterocycles. The molecular formula is C9H11BrN2O2. The summed E-state index contributed by atoms with van der Waals surface area (Å²) < 4.78 is 0.787. The second kappa shape index (κ2) is 5.72. The van der Waals surface area contributed by atoms with E-state index in [1.807, 2.05) is 18.2 Å². The highest BCUT2D eigenvalue weighted by Gasteiger charge is 1.97. The maximum Gasteiger partial charge on any atom is 0.304 e. The molecule has 76 valence electrons. The molecule has 2 N–H and O–H groups in total. The van der Waals surface area contributed by atoms with Gasteiger partial charge in [-0.1, -0.05) is 6.07 Å². The van der Waals surface area contributed by atoms with Crippen molar-refractivity contribution >= 4 is 21.9 Å². The number of hydrogen-bond donors (Lipinski definition) is 2. The van der Waals surface area contributed by atoms with E-state index in [0.717, 1.165) is 10.3 Å². The number of nitrogens with zero attached hydrogens (tertiary/aromatic N) is 1. The third-order valence-electron chi connectivity index (χ3n) is 1.59. The van der Waals surface area contributed by atoms with E-state index in [1.54, 1.807) is 0 Å². The first kappa shape index (κ1) is 11.1. The first-order valence-corrected chi connectivity index (χ1v) is 5.02. The molecule has 14 heavy (non-hydrogen) atoms. The predicted octanol–water partition coefficient (Wildman–Crippen LogP) is 1.41. The molecule has 1 aromatic rings. The number of aliphatic carboxylic acids is 1. The van der Waals surface area contributed by atoms with E-state index in [0.29, 0.717) is 13.1 Å². The number of rotatable bonds is 5. The molecule has 1 aromatic heterocycles. The molecule has 5 heteroatoms. The van der Waals surface area contributed by atoms with E-state index in [-0.39, 0.29) is 6.42 Å². The largest absolute Gasteiger partial charge is 0.481 e. The first-order valence-electron chi connectivity index (χ1n) is 4.22. The molecule has 0 aromatic carbocycles. The zero-order valence-corrected chi connectivity index (χ0v) is 9.12. The van der Waals surface area contributed by atoms with E-state index < -0.39 is 5.97 Å². The number of pyridine rings is 1. The third-order valence-corrected chi connectivity index (χ3v) is 2.04. The second-order valence-electron chi connectivity index (χ2n) is 2.77. The van der Waals surface area contributed by atoms with E-state index in [4.69, 9.17) is 5.11 Å². The van der Waals surface area contributed by atoms with Gasteiger partial charge in [-0.2, -0.15) is 0 Å². The van der Waals surface area contributed by atoms with Crippen LogP contribution in [0.4, 0.5) is 0 Å². The Labute approximate surface area is 90.5 Å². The first-order chi connectivity index (χ1) is 6.68. The summed E-state index contributed by atoms with van der Waals surface area (Å²) in [5, 5.41) is 11.4. The number of hydrogen-bond acceptors (Lipinski definition) is 3. The number of nitrogens with one attached hydrogen (secondary N) is 1. The van der Waals surface area contributed by atoms with Crippen molar-refractivity contribution in [2.24, 2.45) is 0 Å². The third kappa shape index (κ3) is 4.34. The molecule has 0 radical (unpaired) electrons. The molecule has 0 saturated carbocycles. The molecule has 0 spiro atoms. The number of halogens is 1. The van der Waals surface area contributed by atoms with Crippen LogP contribution in [0.15, 0.2) is 22.8 Å². The molecule has 0 amide bonds. The monoisotopic (exact) mass is 258 g/mol. The van der Waals surface area contributed by atoms with Crippen molar-refractivity contribution in [2.45, 2.75) is 13.0 Å². The molecule has 0 fully saturated rings. The standard InChI is InChI=1S/C9H11BrN2O2/c10-8-3-1-2-7(12-8)6-11-5-4-9(13)14/h1-3,11H,4-6H2,(H,13,14). The number of carboxylic acid groups (broad SMARTS) is 1. The van der Waals surface area contributed by atoms with Crippen molar-refractivity contribution in [3.05, 3.63) is 28.5 Å². The van der Waals surface area contributed by atoms with Gasteiger partial charge in [0.05, 0.1) is 12.1 Å². The highest BCUT2D eigenvalue weighted by atomic mass is 79.9. The van der Waals surface area contributed by atoms with E-state index in [2.05, 4.69) is 26.2 Å². The average molecular weight is 259 g/mol. The lowest BCUT2D eigenvalue weighted by molar-refractivity contribution is -0.136. The maximum absolute atomic E-state index is 10.2. The van der Waals surface area contributed by atoms with Gasteiger partial charge in [-0.25, -0.2) is 4.98 Å². The second-order valence-corrected chi connectivity index (χ2v) is 3.58. The summed E-state index contributed by atoms with van der Waals surface area (Å²) >= 11 is 3.26. The predicted molar refractivity (Wildman–Crippen MR) is 55.9 cm³/mol. The Bertz CT molecular complexity index is 317. The lowest BCUT2D eigenvalue weighted by atomic mass is 10.3. The highest BCUT2D eigenvalue weighted by Crippen LogP contribution is 2.05. The van der Waals surface area contributed by atoms with E-state index in [9.17, 15) is 4.79 Å². The van der Waals surface area contributed by atoms with Gasteiger partial charge in [-0.15, -0.1) is 0 Å². The minimum atomic E-state index is -0.792. The van der Waals surface area contributed by atoms with Crippen LogP contribution in [-0.4, -0.2) is 22.6 Å².